The number of hydrogen-bond donors (Lipinski definition) is 0. The number of aldehydes is 1. The minimum atomic E-state index is 0.236. The molecule has 0 aromatic carbocycles. The molecule has 0 radical (unpaired) electrons. The van der Waals surface area contributed by atoms with Gasteiger partial charge in [-0.2, -0.15) is 5.10 Å². The van der Waals surface area contributed by atoms with Crippen LogP contribution in [0.15, 0.2) is 6.58 Å². The SMILES string of the molecule is C=Cc1nn(CC=O)c(C)c1Cl. The molecule has 0 bridgehead atoms. The van der Waals surface area contributed by atoms with Crippen LogP contribution in [0.25, 0.3) is 6.08 Å². The molecule has 0 saturated carbocycles. The third-order valence-corrected chi connectivity index (χ3v) is 2.07. The summed E-state index contributed by atoms with van der Waals surface area (Å²) in [5.74, 6) is 0. The van der Waals surface area contributed by atoms with Gasteiger partial charge in [0.2, 0.25) is 0 Å². The molecule has 1 rings (SSSR count). The summed E-state index contributed by atoms with van der Waals surface area (Å²) in [5.41, 5.74) is 1.41. The molecule has 1 aromatic heterocycles. The van der Waals surface area contributed by atoms with Gasteiger partial charge in [0.15, 0.2) is 0 Å². The van der Waals surface area contributed by atoms with E-state index in [-0.39, 0.29) is 6.54 Å². The third-order valence-electron chi connectivity index (χ3n) is 1.60. The highest BCUT2D eigenvalue weighted by atomic mass is 35.5. The number of carbonyl (C=O) groups is 1. The van der Waals surface area contributed by atoms with Crippen molar-refractivity contribution in [3.63, 3.8) is 0 Å². The van der Waals surface area contributed by atoms with Gasteiger partial charge in [-0.15, -0.1) is 0 Å². The molecule has 0 unspecified atom stereocenters. The monoisotopic (exact) mass is 184 g/mol. The Morgan fingerprint density at radius 1 is 1.75 bits per heavy atom. The Kier molecular flexibility index (Phi) is 2.65. The van der Waals surface area contributed by atoms with Crippen LogP contribution < -0.4 is 0 Å². The second kappa shape index (κ2) is 3.54. The maximum absolute atomic E-state index is 10.2. The second-order valence-electron chi connectivity index (χ2n) is 2.34. The number of carbonyl (C=O) groups excluding carboxylic acids is 1. The standard InChI is InChI=1S/C8H9ClN2O/c1-3-7-8(9)6(2)11(10-7)4-5-12/h3,5H,1,4H2,2H3. The number of hydrogen-bond acceptors (Lipinski definition) is 2. The molecule has 3 nitrogen and oxygen atoms in total. The molecule has 0 amide bonds. The largest absolute Gasteiger partial charge is 0.301 e. The molecule has 0 saturated heterocycles. The molecule has 4 heteroatoms. The van der Waals surface area contributed by atoms with E-state index in [0.717, 1.165) is 12.0 Å². The van der Waals surface area contributed by atoms with E-state index in [9.17, 15) is 4.79 Å². The molecule has 0 aliphatic carbocycles. The van der Waals surface area contributed by atoms with Crippen LogP contribution in [0, 0.1) is 6.92 Å². The highest BCUT2D eigenvalue weighted by molar-refractivity contribution is 6.32. The number of halogens is 1. The number of aromatic nitrogens is 2. The van der Waals surface area contributed by atoms with Gasteiger partial charge in [0, 0.05) is 0 Å². The van der Waals surface area contributed by atoms with Gasteiger partial charge in [-0.1, -0.05) is 18.2 Å². The average molecular weight is 185 g/mol. The first-order valence-corrected chi connectivity index (χ1v) is 3.87. The maximum atomic E-state index is 10.2. The molecule has 0 aliphatic rings. The quantitative estimate of drug-likeness (QED) is 0.670. The normalized spacial score (nSPS) is 9.83. The van der Waals surface area contributed by atoms with Crippen LogP contribution in [0.2, 0.25) is 5.02 Å². The van der Waals surface area contributed by atoms with E-state index < -0.39 is 0 Å². The summed E-state index contributed by atoms with van der Waals surface area (Å²) in [6.45, 7) is 5.60. The van der Waals surface area contributed by atoms with Crippen molar-refractivity contribution < 1.29 is 4.79 Å². The minimum absolute atomic E-state index is 0.236. The van der Waals surface area contributed by atoms with Crippen LogP contribution in [0.5, 0.6) is 0 Å². The molecule has 0 N–H and O–H groups in total. The summed E-state index contributed by atoms with van der Waals surface area (Å²) in [7, 11) is 0. The molecule has 1 heterocycles. The topological polar surface area (TPSA) is 34.9 Å². The van der Waals surface area contributed by atoms with Crippen LogP contribution in [-0.2, 0) is 11.3 Å². The van der Waals surface area contributed by atoms with Crippen molar-refractivity contribution in [1.82, 2.24) is 9.78 Å². The first-order valence-electron chi connectivity index (χ1n) is 3.49. The molecule has 12 heavy (non-hydrogen) atoms. The first kappa shape index (κ1) is 9.00. The van der Waals surface area contributed by atoms with E-state index >= 15 is 0 Å². The molecule has 0 atom stereocenters. The Labute approximate surface area is 75.6 Å². The van der Waals surface area contributed by atoms with Crippen molar-refractivity contribution in [3.8, 4) is 0 Å². The van der Waals surface area contributed by atoms with Crippen LogP contribution in [0.1, 0.15) is 11.4 Å². The molecule has 64 valence electrons. The van der Waals surface area contributed by atoms with Gasteiger partial charge in [-0.3, -0.25) is 4.68 Å². The Balaban J connectivity index is 3.14. The Morgan fingerprint density at radius 3 is 2.83 bits per heavy atom. The zero-order chi connectivity index (χ0) is 9.14. The zero-order valence-electron chi connectivity index (χ0n) is 6.75. The Hall–Kier alpha value is -1.09. The van der Waals surface area contributed by atoms with Gasteiger partial charge in [0.25, 0.3) is 0 Å². The predicted octanol–water partition coefficient (Wildman–Crippen LogP) is 1.69. The van der Waals surface area contributed by atoms with Crippen LogP contribution >= 0.6 is 11.6 Å². The van der Waals surface area contributed by atoms with Crippen LogP contribution in [-0.4, -0.2) is 16.1 Å². The van der Waals surface area contributed by atoms with Gasteiger partial charge in [-0.05, 0) is 13.0 Å². The molecule has 0 spiro atoms. The number of rotatable bonds is 3. The lowest BCUT2D eigenvalue weighted by Crippen LogP contribution is -2.02. The second-order valence-corrected chi connectivity index (χ2v) is 2.72. The summed E-state index contributed by atoms with van der Waals surface area (Å²) in [6, 6.07) is 0. The van der Waals surface area contributed by atoms with Crippen molar-refractivity contribution in [2.24, 2.45) is 0 Å². The van der Waals surface area contributed by atoms with Gasteiger partial charge in [0.1, 0.15) is 12.0 Å². The predicted molar refractivity (Wildman–Crippen MR) is 48.1 cm³/mol. The highest BCUT2D eigenvalue weighted by Gasteiger charge is 2.08. The van der Waals surface area contributed by atoms with Crippen molar-refractivity contribution in [2.45, 2.75) is 13.5 Å². The summed E-state index contributed by atoms with van der Waals surface area (Å²) in [5, 5.41) is 4.61. The van der Waals surface area contributed by atoms with E-state index in [2.05, 4.69) is 11.7 Å². The van der Waals surface area contributed by atoms with E-state index in [4.69, 9.17) is 11.6 Å². The van der Waals surface area contributed by atoms with Crippen molar-refractivity contribution >= 4 is 24.0 Å². The van der Waals surface area contributed by atoms with Crippen LogP contribution in [0.3, 0.4) is 0 Å². The van der Waals surface area contributed by atoms with E-state index in [1.807, 2.05) is 6.92 Å². The summed E-state index contributed by atoms with van der Waals surface area (Å²) < 4.78 is 1.55. The van der Waals surface area contributed by atoms with E-state index in [1.54, 1.807) is 10.8 Å². The highest BCUT2D eigenvalue weighted by Crippen LogP contribution is 2.20. The third kappa shape index (κ3) is 1.41. The summed E-state index contributed by atoms with van der Waals surface area (Å²) in [4.78, 5) is 10.2. The number of nitrogens with zero attached hydrogens (tertiary/aromatic N) is 2. The minimum Gasteiger partial charge on any atom is -0.301 e. The van der Waals surface area contributed by atoms with E-state index in [0.29, 0.717) is 10.7 Å². The Bertz CT molecular complexity index is 317. The Morgan fingerprint density at radius 2 is 2.42 bits per heavy atom. The van der Waals surface area contributed by atoms with E-state index in [1.165, 1.54) is 0 Å². The smallest absolute Gasteiger partial charge is 0.141 e. The van der Waals surface area contributed by atoms with Crippen molar-refractivity contribution in [1.29, 1.82) is 0 Å². The lowest BCUT2D eigenvalue weighted by molar-refractivity contribution is -0.108. The van der Waals surface area contributed by atoms with Gasteiger partial charge in [-0.25, -0.2) is 0 Å². The fraction of sp³-hybridized carbons (Fsp3) is 0.250. The molecule has 0 fully saturated rings. The van der Waals surface area contributed by atoms with Crippen molar-refractivity contribution in [2.75, 3.05) is 0 Å². The van der Waals surface area contributed by atoms with Crippen LogP contribution in [0.4, 0.5) is 0 Å². The zero-order valence-corrected chi connectivity index (χ0v) is 7.51. The summed E-state index contributed by atoms with van der Waals surface area (Å²) >= 11 is 5.88. The van der Waals surface area contributed by atoms with Gasteiger partial charge < -0.3 is 4.79 Å². The maximum Gasteiger partial charge on any atom is 0.141 e. The molecule has 0 aliphatic heterocycles. The average Bonchev–Trinajstić information content (AvgIpc) is 2.33. The molecule has 1 aromatic rings. The first-order chi connectivity index (χ1) is 5.70. The fourth-order valence-corrected chi connectivity index (χ4v) is 1.14. The van der Waals surface area contributed by atoms with Crippen molar-refractivity contribution in [3.05, 3.63) is 23.0 Å². The van der Waals surface area contributed by atoms with Gasteiger partial charge >= 0.3 is 0 Å². The van der Waals surface area contributed by atoms with Gasteiger partial charge in [0.05, 0.1) is 17.3 Å². The molecular weight excluding hydrogens is 176 g/mol. The lowest BCUT2D eigenvalue weighted by Gasteiger charge is -1.95. The fourth-order valence-electron chi connectivity index (χ4n) is 0.926. The summed E-state index contributed by atoms with van der Waals surface area (Å²) in [6.07, 6.45) is 2.35. The molecular formula is C8H9ClN2O. The lowest BCUT2D eigenvalue weighted by atomic mass is 10.3.